The van der Waals surface area contributed by atoms with E-state index in [1.165, 1.54) is 0 Å². The summed E-state index contributed by atoms with van der Waals surface area (Å²) in [5.41, 5.74) is 6.58. The summed E-state index contributed by atoms with van der Waals surface area (Å²) in [5.74, 6) is 1.02. The summed E-state index contributed by atoms with van der Waals surface area (Å²) < 4.78 is 0. The van der Waals surface area contributed by atoms with Crippen molar-refractivity contribution in [2.24, 2.45) is 5.92 Å². The Kier molecular flexibility index (Phi) is 3.53. The number of rotatable bonds is 4. The molecule has 1 amide bonds. The lowest BCUT2D eigenvalue weighted by Crippen LogP contribution is -2.36. The van der Waals surface area contributed by atoms with Crippen LogP contribution in [0.3, 0.4) is 0 Å². The van der Waals surface area contributed by atoms with Gasteiger partial charge in [0.15, 0.2) is 0 Å². The molecular weight excluding hydrogens is 262 g/mol. The van der Waals surface area contributed by atoms with Crippen LogP contribution in [0.5, 0.6) is 0 Å². The molecule has 1 aromatic carbocycles. The minimum atomic E-state index is 0.0786. The van der Waals surface area contributed by atoms with Crippen LogP contribution in [0.2, 0.25) is 0 Å². The summed E-state index contributed by atoms with van der Waals surface area (Å²) in [7, 11) is 0. The van der Waals surface area contributed by atoms with Gasteiger partial charge in [0.1, 0.15) is 5.82 Å². The lowest BCUT2D eigenvalue weighted by Gasteiger charge is -2.25. The van der Waals surface area contributed by atoms with Crippen molar-refractivity contribution in [2.45, 2.75) is 32.7 Å². The van der Waals surface area contributed by atoms with Gasteiger partial charge in [-0.3, -0.25) is 4.79 Å². The molecule has 4 heteroatoms. The number of hydrogen-bond donors (Lipinski definition) is 1. The van der Waals surface area contributed by atoms with Crippen LogP contribution in [-0.2, 0) is 0 Å². The van der Waals surface area contributed by atoms with Crippen LogP contribution in [0, 0.1) is 5.92 Å². The fourth-order valence-corrected chi connectivity index (χ4v) is 2.72. The van der Waals surface area contributed by atoms with E-state index in [9.17, 15) is 4.79 Å². The molecule has 1 aromatic heterocycles. The Labute approximate surface area is 125 Å². The average molecular weight is 283 g/mol. The number of carbonyl (C=O) groups excluding carboxylic acids is 1. The van der Waals surface area contributed by atoms with Crippen molar-refractivity contribution in [3.05, 3.63) is 36.0 Å². The second kappa shape index (κ2) is 5.35. The van der Waals surface area contributed by atoms with Gasteiger partial charge in [-0.1, -0.05) is 38.1 Å². The molecule has 0 saturated heterocycles. The van der Waals surface area contributed by atoms with Gasteiger partial charge in [0.2, 0.25) is 0 Å². The zero-order valence-corrected chi connectivity index (χ0v) is 12.5. The highest BCUT2D eigenvalue weighted by molar-refractivity contribution is 6.09. The molecule has 0 radical (unpaired) electrons. The summed E-state index contributed by atoms with van der Waals surface area (Å²) in [6.07, 6.45) is 3.84. The largest absolute Gasteiger partial charge is 0.383 e. The Hall–Kier alpha value is -2.10. The van der Waals surface area contributed by atoms with Crippen LogP contribution in [-0.4, -0.2) is 28.4 Å². The zero-order chi connectivity index (χ0) is 15.0. The van der Waals surface area contributed by atoms with E-state index in [4.69, 9.17) is 5.73 Å². The maximum atomic E-state index is 12.9. The van der Waals surface area contributed by atoms with E-state index in [1.54, 1.807) is 6.20 Å². The highest BCUT2D eigenvalue weighted by Gasteiger charge is 2.34. The standard InChI is InChI=1S/C17H21N3O/c1-11(2)10-20(12-7-8-12)17(21)15-9-19-16(18)14-6-4-3-5-13(14)15/h3-6,9,11-12H,7-8,10H2,1-2H3,(H2,18,19). The molecule has 4 nitrogen and oxygen atoms in total. The van der Waals surface area contributed by atoms with Gasteiger partial charge in [-0.15, -0.1) is 0 Å². The Bertz CT molecular complexity index is 677. The first-order valence-electron chi connectivity index (χ1n) is 7.52. The number of fused-ring (bicyclic) bond motifs is 1. The van der Waals surface area contributed by atoms with E-state index < -0.39 is 0 Å². The van der Waals surface area contributed by atoms with Crippen molar-refractivity contribution in [3.8, 4) is 0 Å². The number of aromatic nitrogens is 1. The van der Waals surface area contributed by atoms with Crippen molar-refractivity contribution in [1.29, 1.82) is 0 Å². The average Bonchev–Trinajstić information content (AvgIpc) is 3.29. The third-order valence-corrected chi connectivity index (χ3v) is 3.87. The normalized spacial score (nSPS) is 14.6. The lowest BCUT2D eigenvalue weighted by atomic mass is 10.1. The van der Waals surface area contributed by atoms with Crippen LogP contribution in [0.15, 0.2) is 30.5 Å². The second-order valence-corrected chi connectivity index (χ2v) is 6.19. The highest BCUT2D eigenvalue weighted by atomic mass is 16.2. The number of pyridine rings is 1. The highest BCUT2D eigenvalue weighted by Crippen LogP contribution is 2.31. The van der Waals surface area contributed by atoms with Crippen LogP contribution in [0.4, 0.5) is 5.82 Å². The molecule has 0 unspecified atom stereocenters. The van der Waals surface area contributed by atoms with Crippen LogP contribution in [0.25, 0.3) is 10.8 Å². The number of amides is 1. The first kappa shape index (κ1) is 13.9. The van der Waals surface area contributed by atoms with E-state index >= 15 is 0 Å². The number of carbonyl (C=O) groups is 1. The van der Waals surface area contributed by atoms with Gasteiger partial charge in [-0.25, -0.2) is 4.98 Å². The van der Waals surface area contributed by atoms with Gasteiger partial charge in [0.25, 0.3) is 5.91 Å². The molecule has 110 valence electrons. The predicted octanol–water partition coefficient (Wildman–Crippen LogP) is 3.08. The van der Waals surface area contributed by atoms with Crippen molar-refractivity contribution >= 4 is 22.5 Å². The molecule has 1 fully saturated rings. The molecule has 0 bridgehead atoms. The number of hydrogen-bond acceptors (Lipinski definition) is 3. The molecule has 2 aromatic rings. The fourth-order valence-electron chi connectivity index (χ4n) is 2.72. The first-order valence-corrected chi connectivity index (χ1v) is 7.52. The van der Waals surface area contributed by atoms with Crippen molar-refractivity contribution in [3.63, 3.8) is 0 Å². The number of nitrogen functional groups attached to an aromatic ring is 1. The summed E-state index contributed by atoms with van der Waals surface area (Å²) in [6.45, 7) is 5.08. The van der Waals surface area contributed by atoms with E-state index in [-0.39, 0.29) is 5.91 Å². The van der Waals surface area contributed by atoms with E-state index in [2.05, 4.69) is 18.8 Å². The number of nitrogens with zero attached hydrogens (tertiary/aromatic N) is 2. The smallest absolute Gasteiger partial charge is 0.256 e. The monoisotopic (exact) mass is 283 g/mol. The van der Waals surface area contributed by atoms with Crippen LogP contribution >= 0.6 is 0 Å². The van der Waals surface area contributed by atoms with E-state index in [0.29, 0.717) is 23.3 Å². The Balaban J connectivity index is 2.02. The third kappa shape index (κ3) is 2.71. The van der Waals surface area contributed by atoms with Crippen LogP contribution in [0.1, 0.15) is 37.0 Å². The van der Waals surface area contributed by atoms with Gasteiger partial charge in [-0.05, 0) is 24.1 Å². The SMILES string of the molecule is CC(C)CN(C(=O)c1cnc(N)c2ccccc12)C1CC1. The van der Waals surface area contributed by atoms with Gasteiger partial charge < -0.3 is 10.6 Å². The molecule has 21 heavy (non-hydrogen) atoms. The van der Waals surface area contributed by atoms with Gasteiger partial charge in [0.05, 0.1) is 5.56 Å². The van der Waals surface area contributed by atoms with E-state index in [0.717, 1.165) is 30.2 Å². The van der Waals surface area contributed by atoms with Crippen molar-refractivity contribution in [2.75, 3.05) is 12.3 Å². The quantitative estimate of drug-likeness (QED) is 0.938. The number of benzene rings is 1. The van der Waals surface area contributed by atoms with Crippen molar-refractivity contribution in [1.82, 2.24) is 9.88 Å². The summed E-state index contributed by atoms with van der Waals surface area (Å²) in [4.78, 5) is 19.1. The Morgan fingerprint density at radius 3 is 2.62 bits per heavy atom. The summed E-state index contributed by atoms with van der Waals surface area (Å²) in [6, 6.07) is 8.11. The topological polar surface area (TPSA) is 59.2 Å². The molecular formula is C17H21N3O. The first-order chi connectivity index (χ1) is 10.1. The molecule has 0 aliphatic heterocycles. The second-order valence-electron chi connectivity index (χ2n) is 6.19. The third-order valence-electron chi connectivity index (χ3n) is 3.87. The fraction of sp³-hybridized carbons (Fsp3) is 0.412. The van der Waals surface area contributed by atoms with Crippen LogP contribution < -0.4 is 5.73 Å². The van der Waals surface area contributed by atoms with Gasteiger partial charge >= 0.3 is 0 Å². The predicted molar refractivity (Wildman–Crippen MR) is 85.1 cm³/mol. The molecule has 1 aliphatic rings. The molecule has 0 atom stereocenters. The molecule has 1 heterocycles. The maximum Gasteiger partial charge on any atom is 0.256 e. The summed E-state index contributed by atoms with van der Waals surface area (Å²) >= 11 is 0. The number of anilines is 1. The van der Waals surface area contributed by atoms with Crippen molar-refractivity contribution < 1.29 is 4.79 Å². The molecule has 2 N–H and O–H groups in total. The van der Waals surface area contributed by atoms with Gasteiger partial charge in [0, 0.05) is 24.2 Å². The number of nitrogens with two attached hydrogens (primary N) is 1. The minimum absolute atomic E-state index is 0.0786. The molecule has 1 saturated carbocycles. The maximum absolute atomic E-state index is 12.9. The van der Waals surface area contributed by atoms with Gasteiger partial charge in [-0.2, -0.15) is 0 Å². The van der Waals surface area contributed by atoms with E-state index in [1.807, 2.05) is 29.2 Å². The molecule has 1 aliphatic carbocycles. The summed E-state index contributed by atoms with van der Waals surface area (Å²) in [5, 5.41) is 1.74. The lowest BCUT2D eigenvalue weighted by molar-refractivity contribution is 0.0724. The molecule has 0 spiro atoms. The zero-order valence-electron chi connectivity index (χ0n) is 12.5. The minimum Gasteiger partial charge on any atom is -0.383 e. The Morgan fingerprint density at radius 2 is 2.00 bits per heavy atom. The Morgan fingerprint density at radius 1 is 1.33 bits per heavy atom. The molecule has 3 rings (SSSR count).